The van der Waals surface area contributed by atoms with Gasteiger partial charge in [0.15, 0.2) is 5.78 Å². The Morgan fingerprint density at radius 2 is 2.58 bits per heavy atom. The van der Waals surface area contributed by atoms with Gasteiger partial charge in [-0.25, -0.2) is 0 Å². The molecule has 0 amide bonds. The minimum Gasteiger partial charge on any atom is -0.292 e. The van der Waals surface area contributed by atoms with Crippen LogP contribution in [0.25, 0.3) is 0 Å². The van der Waals surface area contributed by atoms with Gasteiger partial charge in [0.05, 0.1) is 0 Å². The molecule has 0 N–H and O–H groups in total. The molecular weight excluding hydrogens is 152 g/mol. The van der Waals surface area contributed by atoms with E-state index in [1.54, 1.807) is 0 Å². The molecule has 1 aromatic heterocycles. The van der Waals surface area contributed by atoms with Crippen LogP contribution in [0.15, 0.2) is 6.07 Å². The molecule has 0 aromatic carbocycles. The molecule has 0 saturated carbocycles. The maximum absolute atomic E-state index is 11.2. The molecule has 0 atom stereocenters. The van der Waals surface area contributed by atoms with E-state index in [1.165, 1.54) is 12.1 Å². The number of carbonyl (C=O) groups excluding carboxylic acids is 1. The number of rotatable bonds is 2. The molecule has 0 bridgehead atoms. The molecule has 64 valence electrons. The molecule has 2 rings (SSSR count). The molecular formula is C9H12N2O. The summed E-state index contributed by atoms with van der Waals surface area (Å²) in [6, 6.07) is 1.93. The van der Waals surface area contributed by atoms with E-state index < -0.39 is 0 Å². The highest BCUT2D eigenvalue weighted by atomic mass is 16.1. The van der Waals surface area contributed by atoms with E-state index in [0.717, 1.165) is 13.0 Å². The van der Waals surface area contributed by atoms with Crippen molar-refractivity contribution in [2.75, 3.05) is 0 Å². The maximum Gasteiger partial charge on any atom is 0.182 e. The number of fused-ring (bicyclic) bond motifs is 1. The highest BCUT2D eigenvalue weighted by Crippen LogP contribution is 2.15. The molecule has 1 aliphatic rings. The van der Waals surface area contributed by atoms with Gasteiger partial charge in [-0.2, -0.15) is 5.10 Å². The van der Waals surface area contributed by atoms with Gasteiger partial charge in [0, 0.05) is 18.7 Å². The first-order valence-electron chi connectivity index (χ1n) is 4.41. The molecule has 1 aromatic rings. The number of ketones is 1. The van der Waals surface area contributed by atoms with Crippen molar-refractivity contribution in [3.8, 4) is 0 Å². The van der Waals surface area contributed by atoms with Crippen molar-refractivity contribution in [2.24, 2.45) is 0 Å². The number of aromatic nitrogens is 2. The first kappa shape index (κ1) is 7.53. The molecule has 0 spiro atoms. The van der Waals surface area contributed by atoms with E-state index in [1.807, 2.05) is 17.7 Å². The highest BCUT2D eigenvalue weighted by molar-refractivity contribution is 5.94. The average molecular weight is 164 g/mol. The Balaban J connectivity index is 2.31. The van der Waals surface area contributed by atoms with E-state index in [2.05, 4.69) is 5.10 Å². The first-order valence-corrected chi connectivity index (χ1v) is 4.41. The predicted molar refractivity (Wildman–Crippen MR) is 45.2 cm³/mol. The number of Topliss-reactive ketones (excluding diaryl/α,β-unsaturated/α-hetero) is 1. The molecule has 1 aliphatic heterocycles. The predicted octanol–water partition coefficient (Wildman–Crippen LogP) is 1.42. The third-order valence-corrected chi connectivity index (χ3v) is 2.27. The van der Waals surface area contributed by atoms with Crippen LogP contribution in [-0.2, 0) is 13.0 Å². The van der Waals surface area contributed by atoms with Crippen LogP contribution in [0.4, 0.5) is 0 Å². The second-order valence-electron chi connectivity index (χ2n) is 3.12. The van der Waals surface area contributed by atoms with E-state index >= 15 is 0 Å². The molecule has 0 radical (unpaired) electrons. The third-order valence-electron chi connectivity index (χ3n) is 2.27. The average Bonchev–Trinajstić information content (AvgIpc) is 2.60. The van der Waals surface area contributed by atoms with Gasteiger partial charge in [0.25, 0.3) is 0 Å². The van der Waals surface area contributed by atoms with Gasteiger partial charge in [-0.3, -0.25) is 9.48 Å². The van der Waals surface area contributed by atoms with Crippen molar-refractivity contribution in [1.82, 2.24) is 9.78 Å². The van der Waals surface area contributed by atoms with Crippen molar-refractivity contribution in [3.05, 3.63) is 17.5 Å². The Morgan fingerprint density at radius 1 is 1.75 bits per heavy atom. The largest absolute Gasteiger partial charge is 0.292 e. The van der Waals surface area contributed by atoms with Crippen molar-refractivity contribution in [3.63, 3.8) is 0 Å². The van der Waals surface area contributed by atoms with Gasteiger partial charge in [0.2, 0.25) is 0 Å². The topological polar surface area (TPSA) is 34.9 Å². The zero-order chi connectivity index (χ0) is 8.55. The Hall–Kier alpha value is -1.12. The number of carbonyl (C=O) groups is 1. The smallest absolute Gasteiger partial charge is 0.182 e. The Kier molecular flexibility index (Phi) is 1.71. The fourth-order valence-electron chi connectivity index (χ4n) is 1.58. The van der Waals surface area contributed by atoms with E-state index in [9.17, 15) is 4.79 Å². The van der Waals surface area contributed by atoms with Crippen LogP contribution in [0.5, 0.6) is 0 Å². The first-order chi connectivity index (χ1) is 5.81. The van der Waals surface area contributed by atoms with Gasteiger partial charge in [-0.15, -0.1) is 0 Å². The lowest BCUT2D eigenvalue weighted by Gasteiger charge is -1.91. The van der Waals surface area contributed by atoms with Crippen LogP contribution in [0.1, 0.15) is 35.9 Å². The molecule has 0 unspecified atom stereocenters. The van der Waals surface area contributed by atoms with E-state index in [4.69, 9.17) is 0 Å². The van der Waals surface area contributed by atoms with Crippen molar-refractivity contribution in [2.45, 2.75) is 32.7 Å². The summed E-state index contributed by atoms with van der Waals surface area (Å²) >= 11 is 0. The number of nitrogens with zero attached hydrogens (tertiary/aromatic N) is 2. The second-order valence-corrected chi connectivity index (χ2v) is 3.12. The van der Waals surface area contributed by atoms with Crippen LogP contribution in [0.2, 0.25) is 0 Å². The van der Waals surface area contributed by atoms with E-state index in [0.29, 0.717) is 12.1 Å². The van der Waals surface area contributed by atoms with Gasteiger partial charge in [0.1, 0.15) is 5.69 Å². The van der Waals surface area contributed by atoms with Crippen LogP contribution in [0, 0.1) is 0 Å². The van der Waals surface area contributed by atoms with Crippen LogP contribution >= 0.6 is 0 Å². The number of hydrogen-bond donors (Lipinski definition) is 0. The summed E-state index contributed by atoms with van der Waals surface area (Å²) in [4.78, 5) is 11.2. The summed E-state index contributed by atoms with van der Waals surface area (Å²) in [7, 11) is 0. The Bertz CT molecular complexity index is 293. The monoisotopic (exact) mass is 164 g/mol. The Morgan fingerprint density at radius 3 is 3.25 bits per heavy atom. The maximum atomic E-state index is 11.2. The van der Waals surface area contributed by atoms with Crippen molar-refractivity contribution in [1.29, 1.82) is 0 Å². The summed E-state index contributed by atoms with van der Waals surface area (Å²) in [6.45, 7) is 2.85. The lowest BCUT2D eigenvalue weighted by Crippen LogP contribution is -2.00. The van der Waals surface area contributed by atoms with Gasteiger partial charge in [-0.1, -0.05) is 6.92 Å². The number of hydrogen-bond acceptors (Lipinski definition) is 2. The number of aryl methyl sites for hydroxylation is 2. The third kappa shape index (κ3) is 1.05. The van der Waals surface area contributed by atoms with E-state index in [-0.39, 0.29) is 5.78 Å². The van der Waals surface area contributed by atoms with Crippen molar-refractivity contribution >= 4 is 5.78 Å². The normalized spacial score (nSPS) is 14.8. The summed E-state index contributed by atoms with van der Waals surface area (Å²) in [5.41, 5.74) is 1.86. The van der Waals surface area contributed by atoms with Crippen molar-refractivity contribution < 1.29 is 4.79 Å². The van der Waals surface area contributed by atoms with Gasteiger partial charge >= 0.3 is 0 Å². The molecule has 0 fully saturated rings. The van der Waals surface area contributed by atoms with Gasteiger partial charge in [-0.05, 0) is 18.9 Å². The minimum atomic E-state index is 0.150. The van der Waals surface area contributed by atoms with Crippen LogP contribution < -0.4 is 0 Å². The molecule has 3 heteroatoms. The SMILES string of the molecule is CCC(=O)c1cc2n(n1)CCC2. The van der Waals surface area contributed by atoms with Crippen LogP contribution in [0.3, 0.4) is 0 Å². The zero-order valence-electron chi connectivity index (χ0n) is 7.21. The summed E-state index contributed by atoms with van der Waals surface area (Å²) < 4.78 is 1.95. The lowest BCUT2D eigenvalue weighted by molar-refractivity contribution is 0.0982. The molecule has 3 nitrogen and oxygen atoms in total. The Labute approximate surface area is 71.4 Å². The standard InChI is InChI=1S/C9H12N2O/c1-2-9(12)8-6-7-4-3-5-11(7)10-8/h6H,2-5H2,1H3. The van der Waals surface area contributed by atoms with Gasteiger partial charge < -0.3 is 0 Å². The highest BCUT2D eigenvalue weighted by Gasteiger charge is 2.16. The summed E-state index contributed by atoms with van der Waals surface area (Å²) in [5.74, 6) is 0.150. The summed E-state index contributed by atoms with van der Waals surface area (Å²) in [5, 5.41) is 4.23. The quantitative estimate of drug-likeness (QED) is 0.619. The van der Waals surface area contributed by atoms with Crippen LogP contribution in [-0.4, -0.2) is 15.6 Å². The molecule has 2 heterocycles. The molecule has 0 saturated heterocycles. The fraction of sp³-hybridized carbons (Fsp3) is 0.556. The lowest BCUT2D eigenvalue weighted by atomic mass is 10.2. The zero-order valence-corrected chi connectivity index (χ0v) is 7.21. The minimum absolute atomic E-state index is 0.150. The summed E-state index contributed by atoms with van der Waals surface area (Å²) in [6.07, 6.45) is 2.80. The second kappa shape index (κ2) is 2.73. The fourth-order valence-corrected chi connectivity index (χ4v) is 1.58. The molecule has 12 heavy (non-hydrogen) atoms. The molecule has 0 aliphatic carbocycles.